The van der Waals surface area contributed by atoms with Gasteiger partial charge >= 0.3 is 12.2 Å². The number of methoxy groups -OCH3 is 1. The molecule has 2 N–H and O–H groups in total. The number of hydrogen-bond acceptors (Lipinski definition) is 4. The molecule has 0 spiro atoms. The van der Waals surface area contributed by atoms with Crippen molar-refractivity contribution in [3.63, 3.8) is 0 Å². The van der Waals surface area contributed by atoms with Crippen molar-refractivity contribution in [2.24, 2.45) is 5.41 Å². The molecule has 1 aromatic heterocycles. The van der Waals surface area contributed by atoms with E-state index in [1.807, 2.05) is 38.3 Å². The fourth-order valence-electron chi connectivity index (χ4n) is 2.50. The first-order valence-corrected chi connectivity index (χ1v) is 9.36. The third kappa shape index (κ3) is 6.33. The molecule has 2 aromatic rings. The maximum Gasteiger partial charge on any atom is 0.422 e. The van der Waals surface area contributed by atoms with Crippen LogP contribution in [-0.4, -0.2) is 25.9 Å². The first kappa shape index (κ1) is 21.9. The van der Waals surface area contributed by atoms with E-state index in [0.29, 0.717) is 0 Å². The molecule has 154 valence electrons. The lowest BCUT2D eigenvalue weighted by Crippen LogP contribution is -2.38. The lowest BCUT2D eigenvalue weighted by atomic mass is 9.86. The number of alkyl halides is 3. The fourth-order valence-corrected chi connectivity index (χ4v) is 3.52. The highest BCUT2D eigenvalue weighted by Gasteiger charge is 2.30. The van der Waals surface area contributed by atoms with Gasteiger partial charge in [-0.25, -0.2) is 4.79 Å². The molecular weight excluding hydrogens is 393 g/mol. The number of halogens is 3. The maximum atomic E-state index is 12.5. The Bertz CT molecular complexity index is 787. The lowest BCUT2D eigenvalue weighted by molar-refractivity contribution is -0.153. The number of carbonyl (C=O) groups excluding carboxylic acids is 1. The van der Waals surface area contributed by atoms with E-state index in [1.165, 1.54) is 36.6 Å². The van der Waals surface area contributed by atoms with Gasteiger partial charge in [0.05, 0.1) is 13.2 Å². The number of ether oxygens (including phenoxy) is 2. The number of carbonyl (C=O) groups is 1. The molecule has 0 aliphatic rings. The van der Waals surface area contributed by atoms with Gasteiger partial charge in [-0.15, -0.1) is 11.3 Å². The molecule has 0 radical (unpaired) electrons. The molecule has 0 aliphatic carbocycles. The van der Waals surface area contributed by atoms with Crippen LogP contribution in [0.15, 0.2) is 35.7 Å². The monoisotopic (exact) mass is 416 g/mol. The van der Waals surface area contributed by atoms with Gasteiger partial charge in [0.1, 0.15) is 0 Å². The first-order chi connectivity index (χ1) is 13.0. The van der Waals surface area contributed by atoms with Gasteiger partial charge in [-0.2, -0.15) is 13.2 Å². The largest absolute Gasteiger partial charge is 0.493 e. The summed E-state index contributed by atoms with van der Waals surface area (Å²) in [6, 6.07) is 7.40. The third-order valence-corrected chi connectivity index (χ3v) is 4.72. The van der Waals surface area contributed by atoms with E-state index in [2.05, 4.69) is 10.6 Å². The van der Waals surface area contributed by atoms with Crippen LogP contribution in [0.2, 0.25) is 0 Å². The smallest absolute Gasteiger partial charge is 0.422 e. The second-order valence-electron chi connectivity index (χ2n) is 7.18. The predicted molar refractivity (Wildman–Crippen MR) is 103 cm³/mol. The van der Waals surface area contributed by atoms with Crippen LogP contribution in [0.5, 0.6) is 11.5 Å². The second kappa shape index (κ2) is 8.72. The fraction of sp³-hybridized carbons (Fsp3) is 0.421. The minimum Gasteiger partial charge on any atom is -0.493 e. The van der Waals surface area contributed by atoms with Crippen LogP contribution in [0, 0.1) is 5.41 Å². The number of hydrogen-bond donors (Lipinski definition) is 2. The molecule has 0 aliphatic heterocycles. The van der Waals surface area contributed by atoms with E-state index < -0.39 is 18.8 Å². The van der Waals surface area contributed by atoms with Gasteiger partial charge in [0, 0.05) is 16.6 Å². The highest BCUT2D eigenvalue weighted by Crippen LogP contribution is 2.35. The summed E-state index contributed by atoms with van der Waals surface area (Å²) in [6.07, 6.45) is -4.48. The molecule has 28 heavy (non-hydrogen) atoms. The van der Waals surface area contributed by atoms with E-state index in [4.69, 9.17) is 9.47 Å². The van der Waals surface area contributed by atoms with E-state index in [1.54, 1.807) is 0 Å². The van der Waals surface area contributed by atoms with Gasteiger partial charge < -0.3 is 20.1 Å². The summed E-state index contributed by atoms with van der Waals surface area (Å²) in [7, 11) is 1.32. The van der Waals surface area contributed by atoms with Crippen molar-refractivity contribution in [3.8, 4) is 11.5 Å². The predicted octanol–water partition coefficient (Wildman–Crippen LogP) is 5.61. The highest BCUT2D eigenvalue weighted by molar-refractivity contribution is 7.10. The standard InChI is InChI=1S/C19H23F3N2O3S/c1-18(2,3)16(15-6-5-9-28-15)24-17(25)23-12-7-8-13(26-4)14(10-12)27-11-19(20,21)22/h5-10,16H,11H2,1-4H3,(H2,23,24,25). The van der Waals surface area contributed by atoms with Gasteiger partial charge in [-0.05, 0) is 29.0 Å². The van der Waals surface area contributed by atoms with E-state index >= 15 is 0 Å². The first-order valence-electron chi connectivity index (χ1n) is 8.48. The molecule has 1 aromatic carbocycles. The van der Waals surface area contributed by atoms with Gasteiger partial charge in [0.15, 0.2) is 18.1 Å². The van der Waals surface area contributed by atoms with E-state index in [-0.39, 0.29) is 28.6 Å². The number of thiophene rings is 1. The molecule has 0 fully saturated rings. The quantitative estimate of drug-likeness (QED) is 0.644. The lowest BCUT2D eigenvalue weighted by Gasteiger charge is -2.30. The molecule has 2 amide bonds. The average Bonchev–Trinajstić information content (AvgIpc) is 3.10. The van der Waals surface area contributed by atoms with Crippen LogP contribution in [-0.2, 0) is 0 Å². The number of rotatable bonds is 6. The van der Waals surface area contributed by atoms with Crippen LogP contribution in [0.25, 0.3) is 0 Å². The molecule has 0 bridgehead atoms. The SMILES string of the molecule is COc1ccc(NC(=O)NC(c2cccs2)C(C)(C)C)cc1OCC(F)(F)F. The highest BCUT2D eigenvalue weighted by atomic mass is 32.1. The van der Waals surface area contributed by atoms with Crippen molar-refractivity contribution in [3.05, 3.63) is 40.6 Å². The number of urea groups is 1. The van der Waals surface area contributed by atoms with Gasteiger partial charge in [0.25, 0.3) is 0 Å². The maximum absolute atomic E-state index is 12.5. The van der Waals surface area contributed by atoms with Crippen LogP contribution in [0.3, 0.4) is 0 Å². The Kier molecular flexibility index (Phi) is 6.82. The summed E-state index contributed by atoms with van der Waals surface area (Å²) < 4.78 is 47.1. The van der Waals surface area contributed by atoms with Gasteiger partial charge in [0.2, 0.25) is 0 Å². The Hall–Kier alpha value is -2.42. The van der Waals surface area contributed by atoms with Crippen molar-refractivity contribution in [1.29, 1.82) is 0 Å². The van der Waals surface area contributed by atoms with Gasteiger partial charge in [-0.1, -0.05) is 26.8 Å². The summed E-state index contributed by atoms with van der Waals surface area (Å²) in [5.41, 5.74) is 0.0533. The molecule has 9 heteroatoms. The Morgan fingerprint density at radius 2 is 1.89 bits per heavy atom. The van der Waals surface area contributed by atoms with Crippen LogP contribution in [0.4, 0.5) is 23.7 Å². The Balaban J connectivity index is 2.12. The topological polar surface area (TPSA) is 59.6 Å². The molecule has 1 heterocycles. The number of benzene rings is 1. The minimum absolute atomic E-state index is 0.108. The normalized spacial score (nSPS) is 13.0. The Morgan fingerprint density at radius 3 is 2.43 bits per heavy atom. The summed E-state index contributed by atoms with van der Waals surface area (Å²) >= 11 is 1.54. The number of anilines is 1. The molecule has 0 saturated heterocycles. The molecule has 5 nitrogen and oxygen atoms in total. The summed E-state index contributed by atoms with van der Waals surface area (Å²) in [5, 5.41) is 7.49. The van der Waals surface area contributed by atoms with Crippen molar-refractivity contribution in [2.75, 3.05) is 19.0 Å². The Labute approximate surface area is 165 Å². The third-order valence-electron chi connectivity index (χ3n) is 3.78. The van der Waals surface area contributed by atoms with Crippen molar-refractivity contribution in [1.82, 2.24) is 5.32 Å². The molecule has 1 atom stereocenters. The van der Waals surface area contributed by atoms with Crippen LogP contribution >= 0.6 is 11.3 Å². The number of amides is 2. The van der Waals surface area contributed by atoms with Crippen LogP contribution < -0.4 is 20.1 Å². The minimum atomic E-state index is -4.48. The summed E-state index contributed by atoms with van der Waals surface area (Å²) in [4.78, 5) is 13.5. The molecule has 1 unspecified atom stereocenters. The number of nitrogens with one attached hydrogen (secondary N) is 2. The zero-order valence-electron chi connectivity index (χ0n) is 16.0. The van der Waals surface area contributed by atoms with Crippen molar-refractivity contribution >= 4 is 23.1 Å². The second-order valence-corrected chi connectivity index (χ2v) is 8.16. The molecule has 2 rings (SSSR count). The van der Waals surface area contributed by atoms with E-state index in [9.17, 15) is 18.0 Å². The Morgan fingerprint density at radius 1 is 1.18 bits per heavy atom. The van der Waals surface area contributed by atoms with Crippen molar-refractivity contribution in [2.45, 2.75) is 33.0 Å². The van der Waals surface area contributed by atoms with E-state index in [0.717, 1.165) is 4.88 Å². The summed E-state index contributed by atoms with van der Waals surface area (Å²) in [5.74, 6) is 0.0321. The zero-order valence-corrected chi connectivity index (χ0v) is 16.8. The molecule has 0 saturated carbocycles. The molecular formula is C19H23F3N2O3S. The van der Waals surface area contributed by atoms with Crippen LogP contribution in [0.1, 0.15) is 31.7 Å². The van der Waals surface area contributed by atoms with Gasteiger partial charge in [-0.3, -0.25) is 0 Å². The zero-order chi connectivity index (χ0) is 20.9. The van der Waals surface area contributed by atoms with Crippen molar-refractivity contribution < 1.29 is 27.4 Å². The average molecular weight is 416 g/mol. The summed E-state index contributed by atoms with van der Waals surface area (Å²) in [6.45, 7) is 4.57.